The van der Waals surface area contributed by atoms with Gasteiger partial charge in [-0.3, -0.25) is 0 Å². The zero-order chi connectivity index (χ0) is 12.1. The number of phenolic OH excluding ortho intramolecular Hbond substituents is 1. The molecule has 1 rings (SSSR count). The Balaban J connectivity index is 2.58. The second-order valence-corrected chi connectivity index (χ2v) is 3.82. The van der Waals surface area contributed by atoms with Crippen molar-refractivity contribution in [3.63, 3.8) is 0 Å². The Morgan fingerprint density at radius 1 is 1.31 bits per heavy atom. The highest BCUT2D eigenvalue weighted by Crippen LogP contribution is 2.21. The number of hydrogen-bond donors (Lipinski definition) is 2. The second kappa shape index (κ2) is 5.61. The van der Waals surface area contributed by atoms with Crippen molar-refractivity contribution >= 4 is 0 Å². The molecule has 0 radical (unpaired) electrons. The Morgan fingerprint density at radius 3 is 2.38 bits per heavy atom. The molecule has 4 heteroatoms. The van der Waals surface area contributed by atoms with Crippen LogP contribution in [0.4, 0.5) is 8.78 Å². The molecule has 2 N–H and O–H groups in total. The van der Waals surface area contributed by atoms with Crippen LogP contribution in [0.25, 0.3) is 0 Å². The maximum Gasteiger partial charge on any atom is 0.187 e. The molecule has 0 aliphatic carbocycles. The summed E-state index contributed by atoms with van der Waals surface area (Å²) in [5.74, 6) is -2.79. The summed E-state index contributed by atoms with van der Waals surface area (Å²) >= 11 is 0. The van der Waals surface area contributed by atoms with Gasteiger partial charge in [0.25, 0.3) is 0 Å². The highest BCUT2D eigenvalue weighted by molar-refractivity contribution is 5.29. The number of halogens is 2. The van der Waals surface area contributed by atoms with E-state index in [-0.39, 0.29) is 0 Å². The normalized spacial score (nSPS) is 10.2. The molecule has 88 valence electrons. The monoisotopic (exact) mass is 227 g/mol. The summed E-state index contributed by atoms with van der Waals surface area (Å²) in [4.78, 5) is 0. The Labute approximate surface area is 93.6 Å². The number of aromatic hydroxyl groups is 1. The van der Waals surface area contributed by atoms with Crippen LogP contribution in [0.15, 0.2) is 23.8 Å². The fourth-order valence-electron chi connectivity index (χ4n) is 1.21. The molecule has 0 aromatic heterocycles. The van der Waals surface area contributed by atoms with Gasteiger partial charge in [0, 0.05) is 13.1 Å². The maximum absolute atomic E-state index is 12.9. The van der Waals surface area contributed by atoms with Gasteiger partial charge in [-0.1, -0.05) is 11.6 Å². The first-order valence-corrected chi connectivity index (χ1v) is 5.01. The molecular weight excluding hydrogens is 212 g/mol. The number of rotatable bonds is 4. The fraction of sp³-hybridized carbons (Fsp3) is 0.333. The van der Waals surface area contributed by atoms with E-state index in [1.807, 2.05) is 19.9 Å². The predicted octanol–water partition coefficient (Wildman–Crippen LogP) is 2.73. The second-order valence-electron chi connectivity index (χ2n) is 3.82. The molecule has 1 aromatic carbocycles. The molecule has 2 nitrogen and oxygen atoms in total. The Hall–Kier alpha value is -1.42. The van der Waals surface area contributed by atoms with Crippen molar-refractivity contribution in [3.8, 4) is 5.75 Å². The lowest BCUT2D eigenvalue weighted by atomic mass is 10.2. The lowest BCUT2D eigenvalue weighted by molar-refractivity contribution is 0.395. The summed E-state index contributed by atoms with van der Waals surface area (Å²) in [5.41, 5.74) is 1.64. The molecule has 0 aliphatic rings. The van der Waals surface area contributed by atoms with Crippen molar-refractivity contribution in [2.75, 3.05) is 6.54 Å². The first-order chi connectivity index (χ1) is 7.50. The molecule has 0 fully saturated rings. The molecule has 0 saturated carbocycles. The summed E-state index contributed by atoms with van der Waals surface area (Å²) < 4.78 is 25.9. The summed E-state index contributed by atoms with van der Waals surface area (Å²) in [5, 5.41) is 11.9. The molecule has 0 amide bonds. The average molecular weight is 227 g/mol. The van der Waals surface area contributed by atoms with Gasteiger partial charge in [0.15, 0.2) is 17.4 Å². The lowest BCUT2D eigenvalue weighted by Gasteiger charge is -2.04. The predicted molar refractivity (Wildman–Crippen MR) is 59.2 cm³/mol. The quantitative estimate of drug-likeness (QED) is 0.612. The molecule has 0 aliphatic heterocycles. The highest BCUT2D eigenvalue weighted by atomic mass is 19.1. The van der Waals surface area contributed by atoms with Gasteiger partial charge in [0.2, 0.25) is 0 Å². The van der Waals surface area contributed by atoms with Gasteiger partial charge >= 0.3 is 0 Å². The van der Waals surface area contributed by atoms with Gasteiger partial charge < -0.3 is 10.4 Å². The van der Waals surface area contributed by atoms with E-state index in [0.29, 0.717) is 18.7 Å². The van der Waals surface area contributed by atoms with E-state index in [2.05, 4.69) is 5.32 Å². The van der Waals surface area contributed by atoms with Gasteiger partial charge in [0.1, 0.15) is 0 Å². The number of nitrogens with one attached hydrogen (secondary N) is 1. The van der Waals surface area contributed by atoms with E-state index < -0.39 is 17.4 Å². The number of phenols is 1. The van der Waals surface area contributed by atoms with Crippen LogP contribution in [0.3, 0.4) is 0 Å². The minimum absolute atomic E-state index is 0.359. The van der Waals surface area contributed by atoms with Crippen LogP contribution in [0, 0.1) is 11.6 Å². The fourth-order valence-corrected chi connectivity index (χ4v) is 1.21. The van der Waals surface area contributed by atoms with Crippen LogP contribution in [0.2, 0.25) is 0 Å². The van der Waals surface area contributed by atoms with Crippen molar-refractivity contribution in [2.45, 2.75) is 20.4 Å². The summed E-state index contributed by atoms with van der Waals surface area (Å²) in [6.45, 7) is 4.95. The first-order valence-electron chi connectivity index (χ1n) is 5.01. The van der Waals surface area contributed by atoms with Gasteiger partial charge in [-0.15, -0.1) is 0 Å². The summed E-state index contributed by atoms with van der Waals surface area (Å²) in [7, 11) is 0. The van der Waals surface area contributed by atoms with Crippen molar-refractivity contribution in [2.24, 2.45) is 0 Å². The highest BCUT2D eigenvalue weighted by Gasteiger charge is 2.08. The third-order valence-corrected chi connectivity index (χ3v) is 2.06. The molecule has 0 heterocycles. The van der Waals surface area contributed by atoms with Crippen LogP contribution in [-0.2, 0) is 6.54 Å². The zero-order valence-corrected chi connectivity index (χ0v) is 9.35. The molecular formula is C12H15F2NO. The van der Waals surface area contributed by atoms with Gasteiger partial charge in [-0.05, 0) is 31.5 Å². The van der Waals surface area contributed by atoms with Crippen molar-refractivity contribution < 1.29 is 13.9 Å². The lowest BCUT2D eigenvalue weighted by Crippen LogP contribution is -2.13. The first kappa shape index (κ1) is 12.6. The van der Waals surface area contributed by atoms with Crippen LogP contribution >= 0.6 is 0 Å². The van der Waals surface area contributed by atoms with E-state index in [4.69, 9.17) is 5.11 Å². The third-order valence-electron chi connectivity index (χ3n) is 2.06. The minimum Gasteiger partial charge on any atom is -0.503 e. The molecule has 1 aromatic rings. The van der Waals surface area contributed by atoms with Crippen LogP contribution in [-0.4, -0.2) is 11.7 Å². The minimum atomic E-state index is -0.931. The molecule has 0 spiro atoms. The number of benzene rings is 1. The van der Waals surface area contributed by atoms with Crippen LogP contribution < -0.4 is 5.32 Å². The van der Waals surface area contributed by atoms with Gasteiger partial charge in [-0.2, -0.15) is 0 Å². The van der Waals surface area contributed by atoms with E-state index in [0.717, 1.165) is 12.1 Å². The average Bonchev–Trinajstić information content (AvgIpc) is 2.20. The standard InChI is InChI=1S/C12H15F2NO/c1-8(2)3-4-15-7-9-5-10(13)12(16)11(14)6-9/h3,5-6,15-16H,4,7H2,1-2H3. The smallest absolute Gasteiger partial charge is 0.187 e. The molecule has 16 heavy (non-hydrogen) atoms. The van der Waals surface area contributed by atoms with Crippen LogP contribution in [0.5, 0.6) is 5.75 Å². The summed E-state index contributed by atoms with van der Waals surface area (Å²) in [6.07, 6.45) is 1.98. The van der Waals surface area contributed by atoms with Crippen molar-refractivity contribution in [1.82, 2.24) is 5.32 Å². The Kier molecular flexibility index (Phi) is 4.43. The Bertz CT molecular complexity index is 375. The third kappa shape index (κ3) is 3.62. The number of hydrogen-bond acceptors (Lipinski definition) is 2. The largest absolute Gasteiger partial charge is 0.503 e. The topological polar surface area (TPSA) is 32.3 Å². The molecule has 0 bridgehead atoms. The Morgan fingerprint density at radius 2 is 1.88 bits per heavy atom. The number of allylic oxidation sites excluding steroid dienone is 1. The van der Waals surface area contributed by atoms with Crippen molar-refractivity contribution in [1.29, 1.82) is 0 Å². The van der Waals surface area contributed by atoms with Crippen molar-refractivity contribution in [3.05, 3.63) is 41.0 Å². The summed E-state index contributed by atoms with van der Waals surface area (Å²) in [6, 6.07) is 2.24. The molecule has 0 atom stereocenters. The maximum atomic E-state index is 12.9. The van der Waals surface area contributed by atoms with Gasteiger partial charge in [0.05, 0.1) is 0 Å². The van der Waals surface area contributed by atoms with E-state index in [1.54, 1.807) is 0 Å². The zero-order valence-electron chi connectivity index (χ0n) is 9.35. The van der Waals surface area contributed by atoms with E-state index in [1.165, 1.54) is 5.57 Å². The van der Waals surface area contributed by atoms with Gasteiger partial charge in [-0.25, -0.2) is 8.78 Å². The molecule has 0 saturated heterocycles. The van der Waals surface area contributed by atoms with Crippen LogP contribution in [0.1, 0.15) is 19.4 Å². The van der Waals surface area contributed by atoms with E-state index in [9.17, 15) is 8.78 Å². The van der Waals surface area contributed by atoms with E-state index >= 15 is 0 Å². The SMILES string of the molecule is CC(C)=CCNCc1cc(F)c(O)c(F)c1. The molecule has 0 unspecified atom stereocenters.